The SMILES string of the molecule is C=CC(=O)OCC(C)(COC(=O)C=C)NC(=O)OCCOCCC[Si](C)(C)c1ccc([Si](C)(C)CCC)cc1. The zero-order valence-electron chi connectivity index (χ0n) is 24.6. The highest BCUT2D eigenvalue weighted by Crippen LogP contribution is 2.15. The van der Waals surface area contributed by atoms with Gasteiger partial charge in [-0.3, -0.25) is 0 Å². The number of rotatable bonds is 18. The molecule has 39 heavy (non-hydrogen) atoms. The number of benzene rings is 1. The van der Waals surface area contributed by atoms with E-state index in [1.807, 2.05) is 0 Å². The lowest BCUT2D eigenvalue weighted by molar-refractivity contribution is -0.144. The molecule has 0 atom stereocenters. The molecule has 0 aromatic heterocycles. The summed E-state index contributed by atoms with van der Waals surface area (Å²) in [6.07, 6.45) is 3.43. The van der Waals surface area contributed by atoms with Crippen molar-refractivity contribution in [2.24, 2.45) is 0 Å². The fourth-order valence-corrected chi connectivity index (χ4v) is 9.17. The largest absolute Gasteiger partial charge is 0.460 e. The van der Waals surface area contributed by atoms with Crippen molar-refractivity contribution in [1.82, 2.24) is 5.32 Å². The summed E-state index contributed by atoms with van der Waals surface area (Å²) >= 11 is 0. The van der Waals surface area contributed by atoms with E-state index >= 15 is 0 Å². The second-order valence-electron chi connectivity index (χ2n) is 11.3. The van der Waals surface area contributed by atoms with Gasteiger partial charge in [0.2, 0.25) is 0 Å². The van der Waals surface area contributed by atoms with Gasteiger partial charge in [-0.05, 0) is 13.3 Å². The van der Waals surface area contributed by atoms with Crippen molar-refractivity contribution in [2.45, 2.75) is 70.5 Å². The van der Waals surface area contributed by atoms with Crippen molar-refractivity contribution in [3.63, 3.8) is 0 Å². The Bertz CT molecular complexity index is 937. The number of alkyl carbamates (subject to hydrolysis) is 1. The van der Waals surface area contributed by atoms with E-state index < -0.39 is 39.7 Å². The summed E-state index contributed by atoms with van der Waals surface area (Å²) in [4.78, 5) is 35.1. The van der Waals surface area contributed by atoms with E-state index in [1.54, 1.807) is 6.92 Å². The first-order chi connectivity index (χ1) is 18.3. The summed E-state index contributed by atoms with van der Waals surface area (Å²) in [7, 11) is -2.91. The molecule has 0 heterocycles. The summed E-state index contributed by atoms with van der Waals surface area (Å²) in [6.45, 7) is 20.6. The van der Waals surface area contributed by atoms with Gasteiger partial charge in [0, 0.05) is 18.8 Å². The first-order valence-electron chi connectivity index (χ1n) is 13.5. The Morgan fingerprint density at radius 2 is 1.31 bits per heavy atom. The lowest BCUT2D eigenvalue weighted by Gasteiger charge is -2.29. The number of esters is 2. The number of carbonyl (C=O) groups excluding carboxylic acids is 3. The molecule has 1 aromatic carbocycles. The predicted octanol–water partition coefficient (Wildman–Crippen LogP) is 4.28. The van der Waals surface area contributed by atoms with Crippen LogP contribution in [0.2, 0.25) is 38.3 Å². The van der Waals surface area contributed by atoms with Gasteiger partial charge in [0.05, 0.1) is 22.8 Å². The number of amides is 1. The number of ether oxygens (including phenoxy) is 4. The molecule has 0 spiro atoms. The van der Waals surface area contributed by atoms with E-state index in [1.165, 1.54) is 22.8 Å². The van der Waals surface area contributed by atoms with Gasteiger partial charge in [-0.2, -0.15) is 0 Å². The van der Waals surface area contributed by atoms with Crippen molar-refractivity contribution < 1.29 is 33.3 Å². The summed E-state index contributed by atoms with van der Waals surface area (Å²) in [6, 6.07) is 11.8. The lowest BCUT2D eigenvalue weighted by atomic mass is 10.1. The molecule has 10 heteroatoms. The topological polar surface area (TPSA) is 100 Å². The lowest BCUT2D eigenvalue weighted by Crippen LogP contribution is -2.53. The molecule has 1 N–H and O–H groups in total. The van der Waals surface area contributed by atoms with E-state index in [-0.39, 0.29) is 26.4 Å². The van der Waals surface area contributed by atoms with Crippen LogP contribution in [0.3, 0.4) is 0 Å². The van der Waals surface area contributed by atoms with Gasteiger partial charge in [0.15, 0.2) is 0 Å². The second kappa shape index (κ2) is 16.4. The van der Waals surface area contributed by atoms with Gasteiger partial charge >= 0.3 is 18.0 Å². The molecule has 1 aromatic rings. The van der Waals surface area contributed by atoms with Crippen LogP contribution in [0.5, 0.6) is 0 Å². The quantitative estimate of drug-likeness (QED) is 0.0914. The fraction of sp³-hybridized carbons (Fsp3) is 0.552. The highest BCUT2D eigenvalue weighted by molar-refractivity contribution is 6.91. The maximum atomic E-state index is 12.3. The average molecular weight is 578 g/mol. The van der Waals surface area contributed by atoms with Crippen molar-refractivity contribution in [3.8, 4) is 0 Å². The Balaban J connectivity index is 2.43. The number of carbonyl (C=O) groups is 3. The molecule has 0 fully saturated rings. The third kappa shape index (κ3) is 12.8. The molecule has 0 aliphatic carbocycles. The van der Waals surface area contributed by atoms with E-state index in [0.717, 1.165) is 24.6 Å². The van der Waals surface area contributed by atoms with Gasteiger partial charge in [0.1, 0.15) is 25.4 Å². The van der Waals surface area contributed by atoms with Crippen LogP contribution in [0.15, 0.2) is 49.6 Å². The summed E-state index contributed by atoms with van der Waals surface area (Å²) in [5.41, 5.74) is -1.20. The minimum absolute atomic E-state index is 0.0561. The van der Waals surface area contributed by atoms with E-state index in [9.17, 15) is 14.4 Å². The molecule has 0 aliphatic rings. The van der Waals surface area contributed by atoms with Gasteiger partial charge in [-0.1, -0.05) is 99.4 Å². The van der Waals surface area contributed by atoms with Crippen molar-refractivity contribution in [3.05, 3.63) is 49.6 Å². The van der Waals surface area contributed by atoms with Crippen molar-refractivity contribution in [1.29, 1.82) is 0 Å². The minimum atomic E-state index is -1.57. The normalized spacial score (nSPS) is 11.8. The predicted molar refractivity (Wildman–Crippen MR) is 161 cm³/mol. The molecule has 0 radical (unpaired) electrons. The first kappa shape index (κ1) is 34.3. The van der Waals surface area contributed by atoms with Crippen LogP contribution in [0.4, 0.5) is 4.79 Å². The third-order valence-electron chi connectivity index (χ3n) is 6.68. The van der Waals surface area contributed by atoms with Crippen molar-refractivity contribution >= 4 is 44.6 Å². The van der Waals surface area contributed by atoms with E-state index in [2.05, 4.69) is 75.9 Å². The molecule has 1 rings (SSSR count). The Hall–Kier alpha value is -2.70. The Kier molecular flexibility index (Phi) is 14.5. The highest BCUT2D eigenvalue weighted by Gasteiger charge is 2.31. The van der Waals surface area contributed by atoms with Crippen LogP contribution in [0, 0.1) is 0 Å². The van der Waals surface area contributed by atoms with Crippen LogP contribution >= 0.6 is 0 Å². The smallest absolute Gasteiger partial charge is 0.407 e. The zero-order chi connectivity index (χ0) is 29.5. The highest BCUT2D eigenvalue weighted by atomic mass is 28.3. The van der Waals surface area contributed by atoms with Gasteiger partial charge in [-0.25, -0.2) is 14.4 Å². The third-order valence-corrected chi connectivity index (χ3v) is 13.8. The Morgan fingerprint density at radius 1 is 0.821 bits per heavy atom. The van der Waals surface area contributed by atoms with Crippen LogP contribution < -0.4 is 15.7 Å². The number of hydrogen-bond donors (Lipinski definition) is 1. The van der Waals surface area contributed by atoms with Crippen LogP contribution in [0.25, 0.3) is 0 Å². The van der Waals surface area contributed by atoms with E-state index in [0.29, 0.717) is 6.61 Å². The summed E-state index contributed by atoms with van der Waals surface area (Å²) < 4.78 is 20.9. The Labute approximate surface area is 236 Å². The molecule has 8 nitrogen and oxygen atoms in total. The van der Waals surface area contributed by atoms with Gasteiger partial charge < -0.3 is 24.3 Å². The standard InChI is InChI=1S/C29H47NO7Si2/c1-9-20-38(5,6)24-13-15-25(16-14-24)39(7,8)21-12-17-34-18-19-35-28(33)30-29(4,22-36-26(31)10-2)23-37-27(32)11-3/h10-11,13-16H,2-3,9,12,17-23H2,1,4-8H3,(H,30,33). The molecule has 0 unspecified atom stereocenters. The zero-order valence-corrected chi connectivity index (χ0v) is 26.6. The fourth-order valence-electron chi connectivity index (χ4n) is 4.17. The molecular formula is C29H47NO7Si2. The first-order valence-corrected chi connectivity index (χ1v) is 19.9. The molecule has 1 amide bonds. The van der Waals surface area contributed by atoms with Gasteiger partial charge in [-0.15, -0.1) is 0 Å². The Morgan fingerprint density at radius 3 is 1.77 bits per heavy atom. The van der Waals surface area contributed by atoms with Crippen molar-refractivity contribution in [2.75, 3.05) is 33.0 Å². The number of nitrogens with one attached hydrogen (secondary N) is 1. The molecule has 218 valence electrons. The monoisotopic (exact) mass is 577 g/mol. The van der Waals surface area contributed by atoms with Crippen LogP contribution in [-0.4, -0.2) is 72.8 Å². The van der Waals surface area contributed by atoms with Gasteiger partial charge in [0.25, 0.3) is 0 Å². The minimum Gasteiger partial charge on any atom is -0.460 e. The molecular weight excluding hydrogens is 530 g/mol. The summed E-state index contributed by atoms with van der Waals surface area (Å²) in [5, 5.41) is 5.58. The molecule has 0 saturated carbocycles. The second-order valence-corrected chi connectivity index (χ2v) is 20.9. The average Bonchev–Trinajstić information content (AvgIpc) is 2.89. The molecule has 0 bridgehead atoms. The van der Waals surface area contributed by atoms with Crippen LogP contribution in [0.1, 0.15) is 26.7 Å². The maximum absolute atomic E-state index is 12.3. The van der Waals surface area contributed by atoms with E-state index in [4.69, 9.17) is 18.9 Å². The van der Waals surface area contributed by atoms with Crippen LogP contribution in [-0.2, 0) is 28.5 Å². The maximum Gasteiger partial charge on any atom is 0.407 e. The number of hydrogen-bond acceptors (Lipinski definition) is 7. The molecule has 0 aliphatic heterocycles. The summed E-state index contributed by atoms with van der Waals surface area (Å²) in [5.74, 6) is -1.33. The molecule has 0 saturated heterocycles.